The van der Waals surface area contributed by atoms with E-state index in [-0.39, 0.29) is 6.04 Å². The minimum absolute atomic E-state index is 0.0730. The third-order valence-electron chi connectivity index (χ3n) is 2.90. The average Bonchev–Trinajstić information content (AvgIpc) is 2.96. The second kappa shape index (κ2) is 6.11. The monoisotopic (exact) mass is 264 g/mol. The fourth-order valence-electron chi connectivity index (χ4n) is 2.05. The molecule has 2 aromatic rings. The maximum atomic E-state index is 6.22. The summed E-state index contributed by atoms with van der Waals surface area (Å²) in [7, 11) is 0. The number of hydrogen-bond acceptors (Lipinski definition) is 4. The summed E-state index contributed by atoms with van der Waals surface area (Å²) in [6.07, 6.45) is 7.52. The van der Waals surface area contributed by atoms with Crippen LogP contribution < -0.4 is 5.73 Å². The molecule has 2 heterocycles. The molecule has 0 saturated heterocycles. The van der Waals surface area contributed by atoms with Gasteiger partial charge in [0.05, 0.1) is 17.0 Å². The van der Waals surface area contributed by atoms with Crippen LogP contribution in [0.25, 0.3) is 0 Å². The van der Waals surface area contributed by atoms with Crippen LogP contribution in [0.2, 0.25) is 0 Å². The fourth-order valence-corrected chi connectivity index (χ4v) is 2.66. The maximum Gasteiger partial charge on any atom is 0.0948 e. The van der Waals surface area contributed by atoms with Gasteiger partial charge in [-0.3, -0.25) is 0 Å². The average molecular weight is 264 g/mol. The van der Waals surface area contributed by atoms with Crippen LogP contribution in [0.3, 0.4) is 0 Å². The van der Waals surface area contributed by atoms with E-state index in [1.807, 2.05) is 24.1 Å². The first kappa shape index (κ1) is 13.2. The summed E-state index contributed by atoms with van der Waals surface area (Å²) >= 11 is 1.69. The third-order valence-corrected chi connectivity index (χ3v) is 3.74. The SMILES string of the molecule is CC(C)CC(N)c1cncn1CCc1nccs1. The minimum atomic E-state index is 0.0730. The molecule has 0 saturated carbocycles. The van der Waals surface area contributed by atoms with Gasteiger partial charge < -0.3 is 10.3 Å². The zero-order valence-electron chi connectivity index (χ0n) is 10.9. The molecule has 18 heavy (non-hydrogen) atoms. The largest absolute Gasteiger partial charge is 0.333 e. The summed E-state index contributed by atoms with van der Waals surface area (Å²) in [4.78, 5) is 8.51. The van der Waals surface area contributed by atoms with E-state index in [1.165, 1.54) is 0 Å². The maximum absolute atomic E-state index is 6.22. The molecule has 1 unspecified atom stereocenters. The summed E-state index contributed by atoms with van der Waals surface area (Å²) in [5.41, 5.74) is 7.34. The molecule has 0 bridgehead atoms. The Morgan fingerprint density at radius 1 is 1.44 bits per heavy atom. The lowest BCUT2D eigenvalue weighted by atomic mass is 10.0. The standard InChI is InChI=1S/C13H20N4S/c1-10(2)7-11(14)12-8-15-9-17(12)5-3-13-16-4-6-18-13/h4,6,8-11H,3,5,7,14H2,1-2H3. The normalized spacial score (nSPS) is 13.1. The molecule has 98 valence electrons. The lowest BCUT2D eigenvalue weighted by Crippen LogP contribution is -2.17. The number of rotatable bonds is 6. The van der Waals surface area contributed by atoms with Crippen LogP contribution >= 0.6 is 11.3 Å². The number of aryl methyl sites for hydroxylation is 2. The van der Waals surface area contributed by atoms with E-state index in [4.69, 9.17) is 5.73 Å². The van der Waals surface area contributed by atoms with Gasteiger partial charge in [0, 0.05) is 36.8 Å². The number of aromatic nitrogens is 3. The molecule has 2 rings (SSSR count). The predicted octanol–water partition coefficient (Wildman–Crippen LogP) is 2.63. The van der Waals surface area contributed by atoms with Crippen LogP contribution in [0.4, 0.5) is 0 Å². The summed E-state index contributed by atoms with van der Waals surface area (Å²) in [6, 6.07) is 0.0730. The molecule has 0 fully saturated rings. The van der Waals surface area contributed by atoms with Gasteiger partial charge in [-0.1, -0.05) is 13.8 Å². The summed E-state index contributed by atoms with van der Waals surface area (Å²) in [5.74, 6) is 0.599. The highest BCUT2D eigenvalue weighted by atomic mass is 32.1. The van der Waals surface area contributed by atoms with Crippen molar-refractivity contribution in [3.05, 3.63) is 34.8 Å². The van der Waals surface area contributed by atoms with Crippen LogP contribution in [0.15, 0.2) is 24.1 Å². The van der Waals surface area contributed by atoms with Crippen LogP contribution in [-0.4, -0.2) is 14.5 Å². The molecule has 0 aliphatic heterocycles. The Hall–Kier alpha value is -1.20. The van der Waals surface area contributed by atoms with Crippen LogP contribution in [0, 0.1) is 5.92 Å². The number of thiazole rings is 1. The fraction of sp³-hybridized carbons (Fsp3) is 0.538. The van der Waals surface area contributed by atoms with Crippen LogP contribution in [0.1, 0.15) is 37.0 Å². The Morgan fingerprint density at radius 2 is 2.28 bits per heavy atom. The Kier molecular flexibility index (Phi) is 4.49. The van der Waals surface area contributed by atoms with Gasteiger partial charge in [0.25, 0.3) is 0 Å². The molecular formula is C13H20N4S. The first-order valence-electron chi connectivity index (χ1n) is 6.30. The van der Waals surface area contributed by atoms with E-state index in [1.54, 1.807) is 11.3 Å². The highest BCUT2D eigenvalue weighted by molar-refractivity contribution is 7.09. The van der Waals surface area contributed by atoms with Crippen molar-refractivity contribution in [2.24, 2.45) is 11.7 Å². The van der Waals surface area contributed by atoms with E-state index >= 15 is 0 Å². The second-order valence-corrected chi connectivity index (χ2v) is 5.90. The highest BCUT2D eigenvalue weighted by Crippen LogP contribution is 2.19. The van der Waals surface area contributed by atoms with Gasteiger partial charge >= 0.3 is 0 Å². The van der Waals surface area contributed by atoms with Crippen molar-refractivity contribution in [2.45, 2.75) is 39.3 Å². The van der Waals surface area contributed by atoms with Gasteiger partial charge in [0.1, 0.15) is 0 Å². The number of nitrogens with two attached hydrogens (primary N) is 1. The molecule has 0 spiro atoms. The third kappa shape index (κ3) is 3.40. The van der Waals surface area contributed by atoms with Crippen LogP contribution in [-0.2, 0) is 13.0 Å². The van der Waals surface area contributed by atoms with Crippen molar-refractivity contribution in [1.29, 1.82) is 0 Å². The zero-order chi connectivity index (χ0) is 13.0. The van der Waals surface area contributed by atoms with Gasteiger partial charge in [-0.2, -0.15) is 0 Å². The molecule has 0 amide bonds. The van der Waals surface area contributed by atoms with E-state index in [2.05, 4.69) is 28.4 Å². The molecule has 4 nitrogen and oxygen atoms in total. The van der Waals surface area contributed by atoms with E-state index in [0.717, 1.165) is 30.1 Å². The van der Waals surface area contributed by atoms with Crippen molar-refractivity contribution in [1.82, 2.24) is 14.5 Å². The smallest absolute Gasteiger partial charge is 0.0948 e. The minimum Gasteiger partial charge on any atom is -0.333 e. The zero-order valence-corrected chi connectivity index (χ0v) is 11.7. The molecule has 0 radical (unpaired) electrons. The summed E-state index contributed by atoms with van der Waals surface area (Å²) < 4.78 is 2.15. The summed E-state index contributed by atoms with van der Waals surface area (Å²) in [6.45, 7) is 5.28. The topological polar surface area (TPSA) is 56.7 Å². The second-order valence-electron chi connectivity index (χ2n) is 4.92. The van der Waals surface area contributed by atoms with Crippen molar-refractivity contribution >= 4 is 11.3 Å². The molecule has 0 aliphatic rings. The van der Waals surface area contributed by atoms with Crippen molar-refractivity contribution in [3.63, 3.8) is 0 Å². The Bertz CT molecular complexity index is 461. The number of hydrogen-bond donors (Lipinski definition) is 1. The quantitative estimate of drug-likeness (QED) is 0.872. The molecule has 5 heteroatoms. The Balaban J connectivity index is 1.99. The van der Waals surface area contributed by atoms with Crippen molar-refractivity contribution in [2.75, 3.05) is 0 Å². The lowest BCUT2D eigenvalue weighted by Gasteiger charge is -2.16. The highest BCUT2D eigenvalue weighted by Gasteiger charge is 2.13. The Labute approximate surface area is 112 Å². The number of nitrogens with zero attached hydrogens (tertiary/aromatic N) is 3. The van der Waals surface area contributed by atoms with Gasteiger partial charge in [-0.05, 0) is 12.3 Å². The lowest BCUT2D eigenvalue weighted by molar-refractivity contribution is 0.483. The Morgan fingerprint density at radius 3 is 2.94 bits per heavy atom. The number of imidazole rings is 1. The molecule has 0 aromatic carbocycles. The van der Waals surface area contributed by atoms with Crippen molar-refractivity contribution < 1.29 is 0 Å². The molecule has 0 aliphatic carbocycles. The molecule has 2 aromatic heterocycles. The van der Waals surface area contributed by atoms with E-state index < -0.39 is 0 Å². The summed E-state index contributed by atoms with van der Waals surface area (Å²) in [5, 5.41) is 3.17. The van der Waals surface area contributed by atoms with Gasteiger partial charge in [-0.25, -0.2) is 9.97 Å². The van der Waals surface area contributed by atoms with Crippen molar-refractivity contribution in [3.8, 4) is 0 Å². The van der Waals surface area contributed by atoms with Gasteiger partial charge in [0.15, 0.2) is 0 Å². The molecule has 1 atom stereocenters. The predicted molar refractivity (Wildman–Crippen MR) is 74.4 cm³/mol. The molecule has 2 N–H and O–H groups in total. The van der Waals surface area contributed by atoms with Gasteiger partial charge in [-0.15, -0.1) is 11.3 Å². The van der Waals surface area contributed by atoms with Gasteiger partial charge in [0.2, 0.25) is 0 Å². The molecular weight excluding hydrogens is 244 g/mol. The first-order chi connectivity index (χ1) is 8.66. The van der Waals surface area contributed by atoms with E-state index in [0.29, 0.717) is 5.92 Å². The van der Waals surface area contributed by atoms with E-state index in [9.17, 15) is 0 Å². The first-order valence-corrected chi connectivity index (χ1v) is 7.18. The van der Waals surface area contributed by atoms with Crippen LogP contribution in [0.5, 0.6) is 0 Å².